The van der Waals surface area contributed by atoms with Crippen molar-refractivity contribution in [3.8, 4) is 0 Å². The Kier molecular flexibility index (Phi) is 11.5. The van der Waals surface area contributed by atoms with Gasteiger partial charge in [-0.15, -0.1) is 0 Å². The quantitative estimate of drug-likeness (QED) is 0.180. The summed E-state index contributed by atoms with van der Waals surface area (Å²) in [5.41, 5.74) is 3.19. The molecule has 0 saturated carbocycles. The Labute approximate surface area is 235 Å². The van der Waals surface area contributed by atoms with Crippen molar-refractivity contribution in [3.05, 3.63) is 52.1 Å². The number of ether oxygens (including phenoxy) is 1. The monoisotopic (exact) mass is 578 g/mol. The molecular weight excluding hydrogens is 543 g/mol. The van der Waals surface area contributed by atoms with E-state index in [0.29, 0.717) is 51.8 Å². The molecule has 3 N–H and O–H groups in total. The van der Waals surface area contributed by atoms with Gasteiger partial charge in [0.1, 0.15) is 12.4 Å². The number of imide groups is 1. The summed E-state index contributed by atoms with van der Waals surface area (Å²) < 4.78 is 19.3. The van der Waals surface area contributed by atoms with Crippen LogP contribution in [0.25, 0.3) is 11.6 Å². The highest BCUT2D eigenvalue weighted by atomic mass is 33.1. The predicted octanol–water partition coefficient (Wildman–Crippen LogP) is 4.56. The number of aromatic amines is 1. The molecule has 0 fully saturated rings. The van der Waals surface area contributed by atoms with Crippen LogP contribution in [0.1, 0.15) is 46.7 Å². The van der Waals surface area contributed by atoms with Crippen molar-refractivity contribution < 1.29 is 28.6 Å². The number of halogens is 1. The normalized spacial score (nSPS) is 13.6. The van der Waals surface area contributed by atoms with Gasteiger partial charge in [0, 0.05) is 47.2 Å². The molecule has 12 heteroatoms. The lowest BCUT2D eigenvalue weighted by Crippen LogP contribution is -2.43. The molecule has 212 valence electrons. The third kappa shape index (κ3) is 7.65. The molecule has 0 bridgehead atoms. The average molecular weight is 579 g/mol. The second-order valence-corrected chi connectivity index (χ2v) is 11.5. The number of H-pyrrole nitrogens is 1. The molecule has 1 aliphatic rings. The van der Waals surface area contributed by atoms with E-state index in [1.54, 1.807) is 19.9 Å². The first kappa shape index (κ1) is 30.7. The number of aromatic nitrogens is 1. The molecule has 3 amide bonds. The molecule has 0 aliphatic carbocycles. The zero-order chi connectivity index (χ0) is 28.5. The molecule has 9 nitrogen and oxygen atoms in total. The molecule has 3 rings (SSSR count). The Bertz CT molecular complexity index is 1230. The van der Waals surface area contributed by atoms with Crippen LogP contribution < -0.4 is 5.32 Å². The Morgan fingerprint density at radius 2 is 1.85 bits per heavy atom. The lowest BCUT2D eigenvalue weighted by atomic mass is 10.0. The van der Waals surface area contributed by atoms with Crippen LogP contribution in [-0.4, -0.2) is 88.7 Å². The van der Waals surface area contributed by atoms with Gasteiger partial charge in [-0.3, -0.25) is 9.59 Å². The van der Waals surface area contributed by atoms with Crippen molar-refractivity contribution in [3.63, 3.8) is 0 Å². The number of hydrogen-bond acceptors (Lipinski definition) is 8. The molecule has 39 heavy (non-hydrogen) atoms. The van der Waals surface area contributed by atoms with E-state index in [4.69, 9.17) is 9.84 Å². The minimum absolute atomic E-state index is 0.0766. The fourth-order valence-corrected chi connectivity index (χ4v) is 5.87. The van der Waals surface area contributed by atoms with Crippen LogP contribution in [0.15, 0.2) is 18.2 Å². The number of fused-ring (bicyclic) bond motifs is 1. The van der Waals surface area contributed by atoms with Gasteiger partial charge in [-0.2, -0.15) is 0 Å². The standard InChI is InChI=1S/C27H35FN4O5S2/c1-5-31(6-2)9-10-32(27(36)37-12-14-39-38-13-11-33)26(35)24-17(3)23(29-18(24)4)16-21-20-15-19(28)7-8-22(20)30-25(21)34/h7-8,15-16,29,33H,5-6,9-14H2,1-4H3,(H,30,34)/b21-16-. The number of rotatable bonds is 13. The molecule has 2 heterocycles. The fourth-order valence-electron chi connectivity index (χ4n) is 4.28. The maximum atomic E-state index is 13.9. The number of nitrogens with zero attached hydrogens (tertiary/aromatic N) is 2. The largest absolute Gasteiger partial charge is 0.448 e. The number of aliphatic hydroxyl groups is 1. The molecule has 1 aromatic heterocycles. The molecule has 1 aromatic carbocycles. The molecular formula is C27H35FN4O5S2. The van der Waals surface area contributed by atoms with Gasteiger partial charge in [-0.05, 0) is 56.8 Å². The van der Waals surface area contributed by atoms with Gasteiger partial charge in [0.25, 0.3) is 11.8 Å². The Hall–Kier alpha value is -2.80. The fraction of sp³-hybridized carbons (Fsp3) is 0.444. The van der Waals surface area contributed by atoms with Gasteiger partial charge < -0.3 is 25.0 Å². The highest BCUT2D eigenvalue weighted by Gasteiger charge is 2.30. The Morgan fingerprint density at radius 3 is 2.54 bits per heavy atom. The minimum atomic E-state index is -0.723. The van der Waals surface area contributed by atoms with Gasteiger partial charge in [-0.1, -0.05) is 35.4 Å². The predicted molar refractivity (Wildman–Crippen MR) is 155 cm³/mol. The van der Waals surface area contributed by atoms with E-state index in [0.717, 1.165) is 18.0 Å². The van der Waals surface area contributed by atoms with Crippen LogP contribution in [0.3, 0.4) is 0 Å². The van der Waals surface area contributed by atoms with E-state index >= 15 is 0 Å². The van der Waals surface area contributed by atoms with Crippen LogP contribution in [0.5, 0.6) is 0 Å². The minimum Gasteiger partial charge on any atom is -0.448 e. The molecule has 0 spiro atoms. The van der Waals surface area contributed by atoms with E-state index in [-0.39, 0.29) is 31.2 Å². The second-order valence-electron chi connectivity index (χ2n) is 8.83. The van der Waals surface area contributed by atoms with E-state index in [2.05, 4.69) is 15.2 Å². The number of amides is 3. The van der Waals surface area contributed by atoms with Crippen molar-refractivity contribution in [2.75, 3.05) is 56.2 Å². The topological polar surface area (TPSA) is 115 Å². The van der Waals surface area contributed by atoms with Crippen LogP contribution >= 0.6 is 21.6 Å². The molecule has 0 radical (unpaired) electrons. The summed E-state index contributed by atoms with van der Waals surface area (Å²) in [5, 5.41) is 11.6. The maximum absolute atomic E-state index is 13.9. The molecule has 1 aliphatic heterocycles. The summed E-state index contributed by atoms with van der Waals surface area (Å²) in [6.07, 6.45) is 0.874. The number of aryl methyl sites for hydroxylation is 1. The molecule has 0 unspecified atom stereocenters. The molecule has 2 aromatic rings. The summed E-state index contributed by atoms with van der Waals surface area (Å²) in [7, 11) is 2.96. The van der Waals surface area contributed by atoms with E-state index < -0.39 is 17.8 Å². The van der Waals surface area contributed by atoms with E-state index in [1.807, 2.05) is 13.8 Å². The summed E-state index contributed by atoms with van der Waals surface area (Å²) in [5.74, 6) is -0.209. The first-order valence-corrected chi connectivity index (χ1v) is 15.3. The zero-order valence-corrected chi connectivity index (χ0v) is 24.3. The van der Waals surface area contributed by atoms with E-state index in [1.165, 1.54) is 39.8 Å². The first-order chi connectivity index (χ1) is 18.7. The second kappa shape index (κ2) is 14.5. The van der Waals surface area contributed by atoms with Crippen molar-refractivity contribution in [1.82, 2.24) is 14.8 Å². The molecule has 0 saturated heterocycles. The van der Waals surface area contributed by atoms with Crippen molar-refractivity contribution in [2.45, 2.75) is 27.7 Å². The number of hydrogen-bond donors (Lipinski definition) is 3. The third-order valence-corrected chi connectivity index (χ3v) is 8.74. The van der Waals surface area contributed by atoms with Gasteiger partial charge in [0.2, 0.25) is 0 Å². The van der Waals surface area contributed by atoms with Crippen LogP contribution in [0, 0.1) is 19.7 Å². The molecule has 0 atom stereocenters. The summed E-state index contributed by atoms with van der Waals surface area (Å²) in [4.78, 5) is 45.8. The average Bonchev–Trinajstić information content (AvgIpc) is 3.37. The summed E-state index contributed by atoms with van der Waals surface area (Å²) in [6.45, 7) is 9.90. The number of carbonyl (C=O) groups excluding carboxylic acids is 3. The van der Waals surface area contributed by atoms with Crippen LogP contribution in [0.4, 0.5) is 14.9 Å². The smallest absolute Gasteiger partial charge is 0.416 e. The van der Waals surface area contributed by atoms with Gasteiger partial charge in [-0.25, -0.2) is 14.1 Å². The highest BCUT2D eigenvalue weighted by molar-refractivity contribution is 8.76. The number of aliphatic hydroxyl groups excluding tert-OH is 1. The maximum Gasteiger partial charge on any atom is 0.416 e. The first-order valence-electron chi connectivity index (χ1n) is 12.8. The lowest BCUT2D eigenvalue weighted by Gasteiger charge is -2.25. The zero-order valence-electron chi connectivity index (χ0n) is 22.6. The van der Waals surface area contributed by atoms with Gasteiger partial charge in [0.15, 0.2) is 0 Å². The third-order valence-electron chi connectivity index (χ3n) is 6.39. The van der Waals surface area contributed by atoms with Crippen molar-refractivity contribution >= 4 is 56.8 Å². The van der Waals surface area contributed by atoms with Crippen molar-refractivity contribution in [2.24, 2.45) is 0 Å². The number of nitrogens with one attached hydrogen (secondary N) is 2. The lowest BCUT2D eigenvalue weighted by molar-refractivity contribution is -0.110. The number of likely N-dealkylation sites (N-methyl/N-ethyl adjacent to an activating group) is 1. The number of anilines is 1. The van der Waals surface area contributed by atoms with E-state index in [9.17, 15) is 18.8 Å². The van der Waals surface area contributed by atoms with Gasteiger partial charge >= 0.3 is 6.09 Å². The number of benzene rings is 1. The van der Waals surface area contributed by atoms with Gasteiger partial charge in [0.05, 0.1) is 17.7 Å². The highest BCUT2D eigenvalue weighted by Crippen LogP contribution is 2.34. The SMILES string of the molecule is CCN(CC)CCN(C(=O)OCCSSCCO)C(=O)c1c(C)[nH]c(/C=C2\C(=O)Nc3ccc(F)cc32)c1C. The Morgan fingerprint density at radius 1 is 1.13 bits per heavy atom. The van der Waals surface area contributed by atoms with Crippen molar-refractivity contribution in [1.29, 1.82) is 0 Å². The summed E-state index contributed by atoms with van der Waals surface area (Å²) in [6, 6.07) is 4.08. The Balaban J connectivity index is 1.85. The van der Waals surface area contributed by atoms with Crippen LogP contribution in [-0.2, 0) is 9.53 Å². The van der Waals surface area contributed by atoms with Crippen LogP contribution in [0.2, 0.25) is 0 Å². The number of carbonyl (C=O) groups is 3. The summed E-state index contributed by atoms with van der Waals surface area (Å²) >= 11 is 0.